The van der Waals surface area contributed by atoms with Gasteiger partial charge in [0.2, 0.25) is 11.6 Å². The van der Waals surface area contributed by atoms with Gasteiger partial charge in [0.05, 0.1) is 18.0 Å². The lowest BCUT2D eigenvalue weighted by Crippen LogP contribution is -2.17. The van der Waals surface area contributed by atoms with Crippen LogP contribution >= 0.6 is 15.9 Å². The van der Waals surface area contributed by atoms with Crippen LogP contribution in [0.2, 0.25) is 0 Å². The zero-order valence-electron chi connectivity index (χ0n) is 8.22. The molecule has 0 fully saturated rings. The fraction of sp³-hybridized carbons (Fsp3) is 0.200. The van der Waals surface area contributed by atoms with Crippen LogP contribution in [0.5, 0.6) is 5.75 Å². The zero-order valence-corrected chi connectivity index (χ0v) is 9.81. The highest BCUT2D eigenvalue weighted by atomic mass is 79.9. The molecule has 0 aliphatic carbocycles. The first-order chi connectivity index (χ1) is 7.51. The second-order valence-electron chi connectivity index (χ2n) is 2.85. The Bertz CT molecular complexity index is 446. The predicted octanol–water partition coefficient (Wildman–Crippen LogP) is 2.12. The molecule has 0 saturated carbocycles. The van der Waals surface area contributed by atoms with Crippen molar-refractivity contribution < 1.29 is 23.1 Å². The van der Waals surface area contributed by atoms with Crippen LogP contribution in [-0.4, -0.2) is 24.0 Å². The van der Waals surface area contributed by atoms with Gasteiger partial charge in [-0.25, -0.2) is 8.78 Å². The normalized spacial score (nSPS) is 10.0. The number of ether oxygens (including phenoxy) is 1. The third-order valence-electron chi connectivity index (χ3n) is 1.86. The molecule has 0 heterocycles. The van der Waals surface area contributed by atoms with Gasteiger partial charge in [0.1, 0.15) is 5.82 Å². The second-order valence-corrected chi connectivity index (χ2v) is 3.41. The Morgan fingerprint density at radius 2 is 1.94 bits per heavy atom. The second kappa shape index (κ2) is 5.16. The third kappa shape index (κ3) is 2.44. The van der Waals surface area contributed by atoms with Gasteiger partial charge in [-0.05, 0) is 6.07 Å². The molecule has 0 saturated heterocycles. The molecule has 0 aromatic heterocycles. The summed E-state index contributed by atoms with van der Waals surface area (Å²) in [5, 5.41) is -0.237. The number of benzene rings is 1. The molecular formula is C10H7BrF2O3. The van der Waals surface area contributed by atoms with Gasteiger partial charge in [0.25, 0.3) is 0 Å². The number of ketones is 2. The summed E-state index contributed by atoms with van der Waals surface area (Å²) in [6, 6.07) is 1.38. The van der Waals surface area contributed by atoms with E-state index in [9.17, 15) is 18.4 Å². The Morgan fingerprint density at radius 1 is 1.31 bits per heavy atom. The summed E-state index contributed by atoms with van der Waals surface area (Å²) >= 11 is 2.77. The number of alkyl halides is 1. The predicted molar refractivity (Wildman–Crippen MR) is 56.0 cm³/mol. The van der Waals surface area contributed by atoms with E-state index in [1.807, 2.05) is 0 Å². The summed E-state index contributed by atoms with van der Waals surface area (Å²) in [6.07, 6.45) is 0. The Balaban J connectivity index is 3.21. The molecule has 0 amide bonds. The lowest BCUT2D eigenvalue weighted by Gasteiger charge is -2.05. The minimum Gasteiger partial charge on any atom is -0.494 e. The molecule has 16 heavy (non-hydrogen) atoms. The fourth-order valence-corrected chi connectivity index (χ4v) is 1.32. The maximum atomic E-state index is 13.3. The molecule has 0 radical (unpaired) electrons. The molecule has 0 N–H and O–H groups in total. The van der Waals surface area contributed by atoms with Crippen LogP contribution in [0.3, 0.4) is 0 Å². The topological polar surface area (TPSA) is 43.4 Å². The Labute approximate surface area is 98.5 Å². The third-order valence-corrected chi connectivity index (χ3v) is 2.37. The van der Waals surface area contributed by atoms with Crippen LogP contribution in [0.25, 0.3) is 0 Å². The molecule has 0 unspecified atom stereocenters. The van der Waals surface area contributed by atoms with Gasteiger partial charge in [-0.1, -0.05) is 15.9 Å². The maximum absolute atomic E-state index is 13.3. The first-order valence-corrected chi connectivity index (χ1v) is 5.30. The van der Waals surface area contributed by atoms with E-state index < -0.39 is 28.8 Å². The number of halogens is 3. The molecule has 3 nitrogen and oxygen atoms in total. The molecule has 0 atom stereocenters. The van der Waals surface area contributed by atoms with Crippen LogP contribution in [0, 0.1) is 11.6 Å². The van der Waals surface area contributed by atoms with Crippen LogP contribution < -0.4 is 4.74 Å². The van der Waals surface area contributed by atoms with Gasteiger partial charge < -0.3 is 4.74 Å². The smallest absolute Gasteiger partial charge is 0.232 e. The van der Waals surface area contributed by atoms with Gasteiger partial charge in [0, 0.05) is 6.07 Å². The molecule has 0 aliphatic heterocycles. The van der Waals surface area contributed by atoms with Crippen molar-refractivity contribution in [3.63, 3.8) is 0 Å². The number of hydrogen-bond acceptors (Lipinski definition) is 3. The van der Waals surface area contributed by atoms with Crippen LogP contribution in [0.15, 0.2) is 12.1 Å². The van der Waals surface area contributed by atoms with E-state index >= 15 is 0 Å². The largest absolute Gasteiger partial charge is 0.494 e. The minimum atomic E-state index is -1.07. The van der Waals surface area contributed by atoms with Crippen LogP contribution in [0.1, 0.15) is 10.4 Å². The summed E-state index contributed by atoms with van der Waals surface area (Å²) in [4.78, 5) is 22.3. The SMILES string of the molecule is COc1cc(F)c(C(=O)C(=O)CBr)cc1F. The lowest BCUT2D eigenvalue weighted by molar-refractivity contribution is -0.112. The first-order valence-electron chi connectivity index (χ1n) is 4.17. The zero-order chi connectivity index (χ0) is 12.3. The van der Waals surface area contributed by atoms with Crippen molar-refractivity contribution >= 4 is 27.5 Å². The maximum Gasteiger partial charge on any atom is 0.232 e. The van der Waals surface area contributed by atoms with Crippen molar-refractivity contribution in [1.29, 1.82) is 0 Å². The number of carbonyl (C=O) groups is 2. The van der Waals surface area contributed by atoms with E-state index in [4.69, 9.17) is 0 Å². The lowest BCUT2D eigenvalue weighted by atomic mass is 10.1. The van der Waals surface area contributed by atoms with Crippen LogP contribution in [0.4, 0.5) is 8.78 Å². The molecule has 6 heteroatoms. The average molecular weight is 293 g/mol. The monoisotopic (exact) mass is 292 g/mol. The van der Waals surface area contributed by atoms with E-state index in [2.05, 4.69) is 20.7 Å². The Hall–Kier alpha value is -1.30. The van der Waals surface area contributed by atoms with Crippen LogP contribution in [-0.2, 0) is 4.79 Å². The van der Waals surface area contributed by atoms with E-state index in [0.717, 1.165) is 6.07 Å². The van der Waals surface area contributed by atoms with Gasteiger partial charge >= 0.3 is 0 Å². The number of hydrogen-bond donors (Lipinski definition) is 0. The highest BCUT2D eigenvalue weighted by Gasteiger charge is 2.21. The summed E-state index contributed by atoms with van der Waals surface area (Å²) in [7, 11) is 1.17. The van der Waals surface area contributed by atoms with E-state index in [1.165, 1.54) is 7.11 Å². The van der Waals surface area contributed by atoms with E-state index in [-0.39, 0.29) is 11.1 Å². The van der Waals surface area contributed by atoms with Crippen molar-refractivity contribution in [1.82, 2.24) is 0 Å². The Morgan fingerprint density at radius 3 is 2.44 bits per heavy atom. The molecule has 1 aromatic carbocycles. The van der Waals surface area contributed by atoms with Gasteiger partial charge in [0.15, 0.2) is 11.6 Å². The summed E-state index contributed by atoms with van der Waals surface area (Å²) in [6.45, 7) is 0. The standard InChI is InChI=1S/C10H7BrF2O3/c1-16-9-3-6(12)5(2-7(9)13)10(15)8(14)4-11/h2-3H,4H2,1H3. The minimum absolute atomic E-state index is 0.237. The quantitative estimate of drug-likeness (QED) is 0.485. The Kier molecular flexibility index (Phi) is 4.12. The number of methoxy groups -OCH3 is 1. The number of carbonyl (C=O) groups excluding carboxylic acids is 2. The van der Waals surface area contributed by atoms with Gasteiger partial charge in [-0.2, -0.15) is 0 Å². The highest BCUT2D eigenvalue weighted by Crippen LogP contribution is 2.21. The van der Waals surface area contributed by atoms with Crippen molar-refractivity contribution in [3.8, 4) is 5.75 Å². The average Bonchev–Trinajstić information content (AvgIpc) is 2.29. The van der Waals surface area contributed by atoms with Crippen molar-refractivity contribution in [3.05, 3.63) is 29.3 Å². The molecular weight excluding hydrogens is 286 g/mol. The molecule has 0 bridgehead atoms. The summed E-state index contributed by atoms with van der Waals surface area (Å²) < 4.78 is 31.0. The molecule has 1 rings (SSSR count). The van der Waals surface area contributed by atoms with Crippen molar-refractivity contribution in [2.24, 2.45) is 0 Å². The molecule has 1 aromatic rings. The van der Waals surface area contributed by atoms with Crippen molar-refractivity contribution in [2.45, 2.75) is 0 Å². The summed E-state index contributed by atoms with van der Waals surface area (Å²) in [5.41, 5.74) is -0.595. The van der Waals surface area contributed by atoms with Gasteiger partial charge in [-0.15, -0.1) is 0 Å². The van der Waals surface area contributed by atoms with Gasteiger partial charge in [-0.3, -0.25) is 9.59 Å². The molecule has 86 valence electrons. The highest BCUT2D eigenvalue weighted by molar-refractivity contribution is 9.09. The fourth-order valence-electron chi connectivity index (χ4n) is 1.07. The van der Waals surface area contributed by atoms with Crippen molar-refractivity contribution in [2.75, 3.05) is 12.4 Å². The molecule has 0 aliphatic rings. The number of Topliss-reactive ketones (excluding diaryl/α,β-unsaturated/α-hetero) is 2. The molecule has 0 spiro atoms. The van der Waals surface area contributed by atoms with E-state index in [1.54, 1.807) is 0 Å². The summed E-state index contributed by atoms with van der Waals surface area (Å²) in [5.74, 6) is -4.12. The number of rotatable bonds is 4. The first kappa shape index (κ1) is 12.8. The van der Waals surface area contributed by atoms with E-state index in [0.29, 0.717) is 6.07 Å².